The second kappa shape index (κ2) is 2.32. The molecule has 1 heterocycles. The molecule has 0 radical (unpaired) electrons. The summed E-state index contributed by atoms with van der Waals surface area (Å²) in [5.41, 5.74) is -0.425. The van der Waals surface area contributed by atoms with E-state index in [2.05, 4.69) is 0 Å². The van der Waals surface area contributed by atoms with Crippen molar-refractivity contribution in [2.24, 2.45) is 5.41 Å². The molecule has 0 bridgehead atoms. The summed E-state index contributed by atoms with van der Waals surface area (Å²) in [6, 6.07) is 0. The van der Waals surface area contributed by atoms with Gasteiger partial charge in [-0.05, 0) is 6.42 Å². The highest BCUT2D eigenvalue weighted by molar-refractivity contribution is 6.39. The molecular formula is C8H13NO2. The zero-order valence-corrected chi connectivity index (χ0v) is 7.18. The quantitative estimate of drug-likeness (QED) is 0.515. The van der Waals surface area contributed by atoms with Crippen molar-refractivity contribution >= 4 is 11.7 Å². The lowest BCUT2D eigenvalue weighted by Gasteiger charge is -2.17. The summed E-state index contributed by atoms with van der Waals surface area (Å²) in [5, 5.41) is 0. The average Bonchev–Trinajstić information content (AvgIpc) is 2.17. The molecule has 0 N–H and O–H groups in total. The molecular weight excluding hydrogens is 142 g/mol. The Morgan fingerprint density at radius 3 is 2.27 bits per heavy atom. The summed E-state index contributed by atoms with van der Waals surface area (Å²) in [4.78, 5) is 23.8. The number of amides is 1. The largest absolute Gasteiger partial charge is 0.338 e. The summed E-state index contributed by atoms with van der Waals surface area (Å²) in [6.45, 7) is 4.35. The van der Waals surface area contributed by atoms with Gasteiger partial charge in [0, 0.05) is 13.6 Å². The highest BCUT2D eigenvalue weighted by Gasteiger charge is 2.45. The predicted molar refractivity (Wildman–Crippen MR) is 41.0 cm³/mol. The molecule has 0 spiro atoms. The van der Waals surface area contributed by atoms with E-state index < -0.39 is 5.41 Å². The smallest absolute Gasteiger partial charge is 0.290 e. The molecule has 1 amide bonds. The molecule has 0 saturated carbocycles. The molecule has 1 rings (SSSR count). The Balaban J connectivity index is 2.91. The van der Waals surface area contributed by atoms with Crippen molar-refractivity contribution in [3.8, 4) is 0 Å². The molecule has 3 heteroatoms. The van der Waals surface area contributed by atoms with Gasteiger partial charge in [0.2, 0.25) is 5.78 Å². The molecule has 1 aliphatic heterocycles. The molecule has 3 nitrogen and oxygen atoms in total. The Labute approximate surface area is 66.4 Å². The van der Waals surface area contributed by atoms with E-state index in [9.17, 15) is 9.59 Å². The van der Waals surface area contributed by atoms with Crippen molar-refractivity contribution in [3.05, 3.63) is 0 Å². The summed E-state index contributed by atoms with van der Waals surface area (Å²) < 4.78 is 0. The molecule has 11 heavy (non-hydrogen) atoms. The molecule has 1 aliphatic rings. The molecule has 0 aromatic rings. The minimum absolute atomic E-state index is 0.234. The number of carbonyl (C=O) groups is 2. The fourth-order valence-corrected chi connectivity index (χ4v) is 1.37. The second-order valence-electron chi connectivity index (χ2n) is 3.40. The monoisotopic (exact) mass is 155 g/mol. The molecule has 1 unspecified atom stereocenters. The van der Waals surface area contributed by atoms with Crippen LogP contribution in [0.25, 0.3) is 0 Å². The van der Waals surface area contributed by atoms with Gasteiger partial charge in [0.05, 0.1) is 5.41 Å². The summed E-state index contributed by atoms with van der Waals surface area (Å²) in [7, 11) is 1.67. The fourth-order valence-electron chi connectivity index (χ4n) is 1.37. The maximum absolute atomic E-state index is 11.3. The van der Waals surface area contributed by atoms with Crippen molar-refractivity contribution in [2.45, 2.75) is 20.3 Å². The van der Waals surface area contributed by atoms with E-state index in [0.29, 0.717) is 6.54 Å². The number of hydrogen-bond donors (Lipinski definition) is 0. The Hall–Kier alpha value is -0.860. The van der Waals surface area contributed by atoms with Crippen LogP contribution in [0.15, 0.2) is 0 Å². The number of hydrogen-bond acceptors (Lipinski definition) is 2. The first-order valence-electron chi connectivity index (χ1n) is 3.81. The number of rotatable bonds is 1. The van der Waals surface area contributed by atoms with E-state index >= 15 is 0 Å². The van der Waals surface area contributed by atoms with Crippen molar-refractivity contribution < 1.29 is 9.59 Å². The van der Waals surface area contributed by atoms with Gasteiger partial charge in [0.1, 0.15) is 0 Å². The van der Waals surface area contributed by atoms with Crippen LogP contribution in [-0.4, -0.2) is 30.2 Å². The van der Waals surface area contributed by atoms with Gasteiger partial charge in [0.15, 0.2) is 0 Å². The molecule has 0 aromatic carbocycles. The average molecular weight is 155 g/mol. The van der Waals surface area contributed by atoms with Crippen LogP contribution in [0.5, 0.6) is 0 Å². The van der Waals surface area contributed by atoms with Crippen molar-refractivity contribution in [2.75, 3.05) is 13.6 Å². The summed E-state index contributed by atoms with van der Waals surface area (Å²) in [5.74, 6) is -0.572. The van der Waals surface area contributed by atoms with Crippen LogP contribution < -0.4 is 0 Å². The minimum Gasteiger partial charge on any atom is -0.338 e. The van der Waals surface area contributed by atoms with E-state index in [1.807, 2.05) is 13.8 Å². The van der Waals surface area contributed by atoms with Gasteiger partial charge >= 0.3 is 0 Å². The summed E-state index contributed by atoms with van der Waals surface area (Å²) >= 11 is 0. The summed E-state index contributed by atoms with van der Waals surface area (Å²) in [6.07, 6.45) is 0.738. The number of ketones is 1. The zero-order valence-electron chi connectivity index (χ0n) is 7.18. The Morgan fingerprint density at radius 1 is 1.55 bits per heavy atom. The van der Waals surface area contributed by atoms with Crippen LogP contribution in [0, 0.1) is 5.41 Å². The third kappa shape index (κ3) is 1.04. The zero-order chi connectivity index (χ0) is 8.65. The van der Waals surface area contributed by atoms with Crippen LogP contribution in [-0.2, 0) is 9.59 Å². The van der Waals surface area contributed by atoms with Gasteiger partial charge in [-0.25, -0.2) is 0 Å². The number of likely N-dealkylation sites (N-methyl/N-ethyl adjacent to an activating group) is 1. The van der Waals surface area contributed by atoms with Crippen LogP contribution >= 0.6 is 0 Å². The van der Waals surface area contributed by atoms with Crippen LogP contribution in [0.4, 0.5) is 0 Å². The van der Waals surface area contributed by atoms with Crippen LogP contribution in [0.2, 0.25) is 0 Å². The maximum Gasteiger partial charge on any atom is 0.290 e. The van der Waals surface area contributed by atoms with Crippen molar-refractivity contribution in [1.29, 1.82) is 0 Å². The van der Waals surface area contributed by atoms with Gasteiger partial charge in [-0.3, -0.25) is 9.59 Å². The van der Waals surface area contributed by atoms with E-state index in [4.69, 9.17) is 0 Å². The molecule has 1 fully saturated rings. The molecule has 0 aromatic heterocycles. The number of nitrogens with zero attached hydrogens (tertiary/aromatic N) is 1. The first-order valence-corrected chi connectivity index (χ1v) is 3.81. The molecule has 1 saturated heterocycles. The highest BCUT2D eigenvalue weighted by atomic mass is 16.2. The lowest BCUT2D eigenvalue weighted by molar-refractivity contribution is -0.141. The second-order valence-corrected chi connectivity index (χ2v) is 3.40. The minimum atomic E-state index is -0.425. The first-order chi connectivity index (χ1) is 5.01. The van der Waals surface area contributed by atoms with Crippen molar-refractivity contribution in [3.63, 3.8) is 0 Å². The SMILES string of the molecule is CCC1(C)CN(C)C(=O)C1=O. The van der Waals surface area contributed by atoms with Crippen LogP contribution in [0.3, 0.4) is 0 Å². The first kappa shape index (κ1) is 8.24. The molecule has 0 aliphatic carbocycles. The van der Waals surface area contributed by atoms with Gasteiger partial charge in [-0.15, -0.1) is 0 Å². The topological polar surface area (TPSA) is 37.4 Å². The van der Waals surface area contributed by atoms with Crippen LogP contribution in [0.1, 0.15) is 20.3 Å². The van der Waals surface area contributed by atoms with E-state index in [-0.39, 0.29) is 11.7 Å². The normalized spacial score (nSPS) is 31.7. The molecule has 62 valence electrons. The number of carbonyl (C=O) groups excluding carboxylic acids is 2. The number of likely N-dealkylation sites (tertiary alicyclic amines) is 1. The van der Waals surface area contributed by atoms with Crippen molar-refractivity contribution in [1.82, 2.24) is 4.90 Å². The lowest BCUT2D eigenvalue weighted by Crippen LogP contribution is -2.26. The van der Waals surface area contributed by atoms with Gasteiger partial charge in [-0.2, -0.15) is 0 Å². The van der Waals surface area contributed by atoms with E-state index in [1.54, 1.807) is 7.05 Å². The Morgan fingerprint density at radius 2 is 2.09 bits per heavy atom. The van der Waals surface area contributed by atoms with Gasteiger partial charge in [0.25, 0.3) is 5.91 Å². The van der Waals surface area contributed by atoms with E-state index in [0.717, 1.165) is 6.42 Å². The Bertz CT molecular complexity index is 212. The van der Waals surface area contributed by atoms with Gasteiger partial charge in [-0.1, -0.05) is 13.8 Å². The van der Waals surface area contributed by atoms with Gasteiger partial charge < -0.3 is 4.90 Å². The Kier molecular flexibility index (Phi) is 1.74. The maximum atomic E-state index is 11.3. The lowest BCUT2D eigenvalue weighted by atomic mass is 9.86. The molecule has 1 atom stereocenters. The third-order valence-corrected chi connectivity index (χ3v) is 2.46. The fraction of sp³-hybridized carbons (Fsp3) is 0.750. The third-order valence-electron chi connectivity index (χ3n) is 2.46. The standard InChI is InChI=1S/C8H13NO2/c1-4-8(2)5-9(3)7(11)6(8)10/h4-5H2,1-3H3. The number of Topliss-reactive ketones (excluding diaryl/α,β-unsaturated/α-hetero) is 1. The highest BCUT2D eigenvalue weighted by Crippen LogP contribution is 2.29. The van der Waals surface area contributed by atoms with E-state index in [1.165, 1.54) is 4.90 Å². The predicted octanol–water partition coefficient (Wildman–Crippen LogP) is 0.444.